The molecule has 1 N–H and O–H groups in total. The summed E-state index contributed by atoms with van der Waals surface area (Å²) in [6.45, 7) is 2.87. The highest BCUT2D eigenvalue weighted by atomic mass is 19.1. The fourth-order valence-electron chi connectivity index (χ4n) is 3.15. The Morgan fingerprint density at radius 3 is 2.42 bits per heavy atom. The van der Waals surface area contributed by atoms with Gasteiger partial charge in [0.05, 0.1) is 13.1 Å². The monoisotopic (exact) mass is 350 g/mol. The van der Waals surface area contributed by atoms with Crippen molar-refractivity contribution in [2.24, 2.45) is 0 Å². The predicted molar refractivity (Wildman–Crippen MR) is 97.2 cm³/mol. The Kier molecular flexibility index (Phi) is 4.12. The highest BCUT2D eigenvalue weighted by molar-refractivity contribution is 5.58. The van der Waals surface area contributed by atoms with Crippen molar-refractivity contribution in [2.75, 3.05) is 18.0 Å². The molecule has 1 saturated heterocycles. The van der Waals surface area contributed by atoms with Crippen LogP contribution in [-0.4, -0.2) is 33.1 Å². The molecular formula is C20H19FN4O. The number of hydrogen-bond donors (Lipinski definition) is 1. The third-order valence-electron chi connectivity index (χ3n) is 4.68. The van der Waals surface area contributed by atoms with Gasteiger partial charge in [0.15, 0.2) is 5.82 Å². The van der Waals surface area contributed by atoms with Gasteiger partial charge >= 0.3 is 0 Å². The Morgan fingerprint density at radius 1 is 1.08 bits per heavy atom. The number of hydrogen-bond acceptors (Lipinski definition) is 5. The molecule has 5 nitrogen and oxygen atoms in total. The summed E-state index contributed by atoms with van der Waals surface area (Å²) in [6, 6.07) is 11.7. The van der Waals surface area contributed by atoms with Crippen LogP contribution in [-0.2, 0) is 12.0 Å². The molecule has 0 aliphatic carbocycles. The summed E-state index contributed by atoms with van der Waals surface area (Å²) in [6.07, 6.45) is 4.23. The van der Waals surface area contributed by atoms with Crippen LogP contribution in [0.1, 0.15) is 18.2 Å². The topological polar surface area (TPSA) is 62.1 Å². The van der Waals surface area contributed by atoms with E-state index >= 15 is 0 Å². The predicted octanol–water partition coefficient (Wildman–Crippen LogP) is 2.95. The van der Waals surface area contributed by atoms with Gasteiger partial charge in [0.1, 0.15) is 17.2 Å². The van der Waals surface area contributed by atoms with Gasteiger partial charge < -0.3 is 10.0 Å². The molecule has 3 aromatic rings. The average molecular weight is 350 g/mol. The average Bonchev–Trinajstić information content (AvgIpc) is 2.66. The first-order valence-electron chi connectivity index (χ1n) is 8.59. The van der Waals surface area contributed by atoms with E-state index in [1.807, 2.05) is 30.0 Å². The molecule has 0 spiro atoms. The van der Waals surface area contributed by atoms with Gasteiger partial charge in [-0.25, -0.2) is 14.4 Å². The van der Waals surface area contributed by atoms with E-state index in [1.165, 1.54) is 12.1 Å². The van der Waals surface area contributed by atoms with Crippen molar-refractivity contribution in [1.82, 2.24) is 15.0 Å². The van der Waals surface area contributed by atoms with E-state index in [1.54, 1.807) is 24.5 Å². The Morgan fingerprint density at radius 2 is 1.77 bits per heavy atom. The zero-order valence-electron chi connectivity index (χ0n) is 14.4. The molecule has 2 aromatic heterocycles. The van der Waals surface area contributed by atoms with E-state index in [0.717, 1.165) is 23.5 Å². The number of pyridine rings is 1. The van der Waals surface area contributed by atoms with Crippen molar-refractivity contribution >= 4 is 5.82 Å². The van der Waals surface area contributed by atoms with Crippen LogP contribution in [0.25, 0.3) is 11.4 Å². The number of rotatable bonds is 4. The fraction of sp³-hybridized carbons (Fsp3) is 0.250. The number of aliphatic hydroxyl groups is 1. The highest BCUT2D eigenvalue weighted by Gasteiger charge is 2.43. The van der Waals surface area contributed by atoms with E-state index < -0.39 is 5.60 Å². The number of aromatic nitrogens is 3. The minimum atomic E-state index is -0.984. The third kappa shape index (κ3) is 3.04. The SMILES string of the molecule is CCc1cc(N2CC(O)(c3ccc(F)cc3)C2)nc(-c2ccncc2)n1. The number of anilines is 1. The maximum absolute atomic E-state index is 13.1. The van der Waals surface area contributed by atoms with Gasteiger partial charge in [-0.2, -0.15) is 0 Å². The van der Waals surface area contributed by atoms with Crippen molar-refractivity contribution in [3.8, 4) is 11.4 Å². The quantitative estimate of drug-likeness (QED) is 0.784. The Labute approximate surface area is 151 Å². The summed E-state index contributed by atoms with van der Waals surface area (Å²) in [5.74, 6) is 1.13. The molecule has 0 radical (unpaired) electrons. The van der Waals surface area contributed by atoms with Gasteiger partial charge in [-0.3, -0.25) is 4.98 Å². The van der Waals surface area contributed by atoms with Crippen LogP contribution in [0.15, 0.2) is 54.9 Å². The molecular weight excluding hydrogens is 331 g/mol. The lowest BCUT2D eigenvalue weighted by Gasteiger charge is -2.47. The van der Waals surface area contributed by atoms with Gasteiger partial charge in [0.25, 0.3) is 0 Å². The summed E-state index contributed by atoms with van der Waals surface area (Å²) >= 11 is 0. The van der Waals surface area contributed by atoms with Gasteiger partial charge in [0, 0.05) is 29.7 Å². The van der Waals surface area contributed by atoms with Crippen molar-refractivity contribution < 1.29 is 9.50 Å². The first-order chi connectivity index (χ1) is 12.6. The molecule has 1 aliphatic rings. The van der Waals surface area contributed by atoms with Gasteiger partial charge in [-0.1, -0.05) is 19.1 Å². The molecule has 0 saturated carbocycles. The number of halogens is 1. The summed E-state index contributed by atoms with van der Waals surface area (Å²) < 4.78 is 13.1. The molecule has 1 fully saturated rings. The summed E-state index contributed by atoms with van der Waals surface area (Å²) in [5, 5.41) is 10.8. The molecule has 3 heterocycles. The minimum absolute atomic E-state index is 0.307. The normalized spacial score (nSPS) is 15.6. The molecule has 1 aliphatic heterocycles. The van der Waals surface area contributed by atoms with Crippen LogP contribution in [0.4, 0.5) is 10.2 Å². The molecule has 1 aromatic carbocycles. The Bertz CT molecular complexity index is 909. The Balaban J connectivity index is 1.60. The first kappa shape index (κ1) is 16.6. The lowest BCUT2D eigenvalue weighted by Crippen LogP contribution is -2.60. The van der Waals surface area contributed by atoms with Crippen LogP contribution in [0.2, 0.25) is 0 Å². The van der Waals surface area contributed by atoms with Gasteiger partial charge in [-0.05, 0) is 36.2 Å². The van der Waals surface area contributed by atoms with Crippen LogP contribution < -0.4 is 4.90 Å². The second-order valence-electron chi connectivity index (χ2n) is 6.53. The molecule has 4 rings (SSSR count). The largest absolute Gasteiger partial charge is 0.381 e. The van der Waals surface area contributed by atoms with E-state index in [9.17, 15) is 9.50 Å². The first-order valence-corrected chi connectivity index (χ1v) is 8.59. The maximum atomic E-state index is 13.1. The smallest absolute Gasteiger partial charge is 0.161 e. The highest BCUT2D eigenvalue weighted by Crippen LogP contribution is 2.35. The van der Waals surface area contributed by atoms with E-state index in [0.29, 0.717) is 24.5 Å². The van der Waals surface area contributed by atoms with Crippen molar-refractivity contribution in [3.63, 3.8) is 0 Å². The van der Waals surface area contributed by atoms with Crippen LogP contribution in [0, 0.1) is 5.82 Å². The van der Waals surface area contributed by atoms with Crippen LogP contribution in [0.3, 0.4) is 0 Å². The van der Waals surface area contributed by atoms with Gasteiger partial charge in [0.2, 0.25) is 0 Å². The van der Waals surface area contributed by atoms with Gasteiger partial charge in [-0.15, -0.1) is 0 Å². The summed E-state index contributed by atoms with van der Waals surface area (Å²) in [7, 11) is 0. The second kappa shape index (κ2) is 6.46. The molecule has 6 heteroatoms. The summed E-state index contributed by atoms with van der Waals surface area (Å²) in [5.41, 5.74) is 1.58. The number of β-amino-alcohol motifs (C(OH)–C–C–N with tert-alkyl or cyclic N) is 1. The Hall–Kier alpha value is -2.86. The molecule has 0 atom stereocenters. The minimum Gasteiger partial charge on any atom is -0.381 e. The lowest BCUT2D eigenvalue weighted by molar-refractivity contribution is 0.00699. The zero-order chi connectivity index (χ0) is 18.1. The van der Waals surface area contributed by atoms with E-state index in [2.05, 4.69) is 15.0 Å². The molecule has 0 bridgehead atoms. The van der Waals surface area contributed by atoms with Crippen LogP contribution >= 0.6 is 0 Å². The maximum Gasteiger partial charge on any atom is 0.161 e. The fourth-order valence-corrected chi connectivity index (χ4v) is 3.15. The van der Waals surface area contributed by atoms with Crippen LogP contribution in [0.5, 0.6) is 0 Å². The molecule has 0 unspecified atom stereocenters. The number of benzene rings is 1. The third-order valence-corrected chi connectivity index (χ3v) is 4.68. The number of nitrogens with zero attached hydrogens (tertiary/aromatic N) is 4. The van der Waals surface area contributed by atoms with Crippen molar-refractivity contribution in [1.29, 1.82) is 0 Å². The van der Waals surface area contributed by atoms with E-state index in [-0.39, 0.29) is 5.82 Å². The standard InChI is InChI=1S/C20H19FN4O/c1-2-17-11-18(24-19(23-17)14-7-9-22-10-8-14)25-12-20(26,13-25)15-3-5-16(21)6-4-15/h3-11,26H,2,12-13H2,1H3. The van der Waals surface area contributed by atoms with Crippen molar-refractivity contribution in [2.45, 2.75) is 18.9 Å². The zero-order valence-corrected chi connectivity index (χ0v) is 14.4. The number of aryl methyl sites for hydroxylation is 1. The molecule has 0 amide bonds. The van der Waals surface area contributed by atoms with E-state index in [4.69, 9.17) is 0 Å². The molecule has 26 heavy (non-hydrogen) atoms. The van der Waals surface area contributed by atoms with Crippen molar-refractivity contribution in [3.05, 3.63) is 71.9 Å². The molecule has 132 valence electrons. The second-order valence-corrected chi connectivity index (χ2v) is 6.53. The lowest BCUT2D eigenvalue weighted by atomic mass is 9.86. The summed E-state index contributed by atoms with van der Waals surface area (Å²) in [4.78, 5) is 15.3.